The summed E-state index contributed by atoms with van der Waals surface area (Å²) in [4.78, 5) is 32.0. The zero-order valence-corrected chi connectivity index (χ0v) is 17.0. The van der Waals surface area contributed by atoms with Crippen molar-refractivity contribution in [3.8, 4) is 23.0 Å². The second kappa shape index (κ2) is 7.50. The molecule has 0 aliphatic carbocycles. The average Bonchev–Trinajstić information content (AvgIpc) is 3.49. The number of rotatable bonds is 6. The topological polar surface area (TPSA) is 95.9 Å². The monoisotopic (exact) mass is 424 g/mol. The Bertz CT molecular complexity index is 1080. The Morgan fingerprint density at radius 3 is 2.45 bits per heavy atom. The number of amides is 2. The van der Waals surface area contributed by atoms with Crippen molar-refractivity contribution in [3.63, 3.8) is 0 Å². The quantitative estimate of drug-likeness (QED) is 0.657. The van der Waals surface area contributed by atoms with Gasteiger partial charge in [-0.2, -0.15) is 0 Å². The summed E-state index contributed by atoms with van der Waals surface area (Å²) in [6.07, 6.45) is 0.683. The van der Waals surface area contributed by atoms with E-state index in [0.29, 0.717) is 52.7 Å². The van der Waals surface area contributed by atoms with Gasteiger partial charge in [0.05, 0.1) is 37.6 Å². The van der Waals surface area contributed by atoms with E-state index in [4.69, 9.17) is 23.8 Å². The molecule has 2 aromatic carbocycles. The van der Waals surface area contributed by atoms with Crippen LogP contribution in [0.15, 0.2) is 35.5 Å². The third-order valence-corrected chi connectivity index (χ3v) is 5.52. The van der Waals surface area contributed by atoms with Crippen LogP contribution in [0, 0.1) is 0 Å². The van der Waals surface area contributed by atoms with E-state index in [1.807, 2.05) is 6.07 Å². The third kappa shape index (κ3) is 3.13. The summed E-state index contributed by atoms with van der Waals surface area (Å²) in [5.74, 6) is 1.49. The van der Waals surface area contributed by atoms with Gasteiger partial charge >= 0.3 is 0 Å². The molecule has 3 heterocycles. The number of imide groups is 1. The molecule has 0 spiro atoms. The summed E-state index contributed by atoms with van der Waals surface area (Å²) in [5.41, 5.74) is 2.29. The van der Waals surface area contributed by atoms with E-state index in [-0.39, 0.29) is 31.3 Å². The summed E-state index contributed by atoms with van der Waals surface area (Å²) < 4.78 is 22.0. The minimum Gasteiger partial charge on any atom is -0.492 e. The van der Waals surface area contributed by atoms with Gasteiger partial charge in [-0.3, -0.25) is 14.5 Å². The van der Waals surface area contributed by atoms with Gasteiger partial charge < -0.3 is 23.8 Å². The molecule has 0 unspecified atom stereocenters. The lowest BCUT2D eigenvalue weighted by Crippen LogP contribution is -2.34. The van der Waals surface area contributed by atoms with E-state index < -0.39 is 0 Å². The van der Waals surface area contributed by atoms with Gasteiger partial charge in [0.1, 0.15) is 6.10 Å². The first-order chi connectivity index (χ1) is 15.1. The molecule has 0 N–H and O–H groups in total. The fourth-order valence-electron chi connectivity index (χ4n) is 4.11. The minimum atomic E-state index is -0.311. The molecule has 31 heavy (non-hydrogen) atoms. The van der Waals surface area contributed by atoms with Gasteiger partial charge in [0.25, 0.3) is 11.8 Å². The predicted molar refractivity (Wildman–Crippen MR) is 108 cm³/mol. The first-order valence-corrected chi connectivity index (χ1v) is 9.81. The van der Waals surface area contributed by atoms with Gasteiger partial charge in [0.2, 0.25) is 18.3 Å². The molecule has 3 aliphatic rings. The number of benzene rings is 2. The Labute approximate surface area is 178 Å². The van der Waals surface area contributed by atoms with Gasteiger partial charge in [-0.15, -0.1) is 0 Å². The zero-order chi connectivity index (χ0) is 21.5. The maximum absolute atomic E-state index is 12.6. The summed E-state index contributed by atoms with van der Waals surface area (Å²) in [6.45, 7) is 0.218. The van der Waals surface area contributed by atoms with Gasteiger partial charge in [-0.1, -0.05) is 17.3 Å². The van der Waals surface area contributed by atoms with Gasteiger partial charge in [-0.25, -0.2) is 0 Å². The van der Waals surface area contributed by atoms with Crippen molar-refractivity contribution >= 4 is 17.5 Å². The van der Waals surface area contributed by atoms with Crippen LogP contribution in [0.2, 0.25) is 0 Å². The van der Waals surface area contributed by atoms with Gasteiger partial charge in [-0.05, 0) is 18.2 Å². The SMILES string of the molecule is COc1c(C[C@@H]2CC(CN3C(=O)c4ccccc4C3=O)=NO2)cc2c(c1OC)OCO2. The van der Waals surface area contributed by atoms with Crippen molar-refractivity contribution in [1.29, 1.82) is 0 Å². The summed E-state index contributed by atoms with van der Waals surface area (Å²) in [6, 6.07) is 8.64. The normalized spacial score (nSPS) is 18.7. The Hall–Kier alpha value is -3.75. The number of hydrogen-bond donors (Lipinski definition) is 0. The highest BCUT2D eigenvalue weighted by Gasteiger charge is 2.37. The van der Waals surface area contributed by atoms with Gasteiger partial charge in [0.15, 0.2) is 11.5 Å². The Morgan fingerprint density at radius 1 is 1.06 bits per heavy atom. The molecule has 0 radical (unpaired) electrons. The molecule has 1 atom stereocenters. The molecule has 3 aliphatic heterocycles. The van der Waals surface area contributed by atoms with Crippen LogP contribution in [-0.2, 0) is 11.3 Å². The summed E-state index contributed by atoms with van der Waals surface area (Å²) in [5, 5.41) is 4.12. The van der Waals surface area contributed by atoms with Crippen LogP contribution < -0.4 is 18.9 Å². The number of carbonyl (C=O) groups excluding carboxylic acids is 2. The van der Waals surface area contributed by atoms with E-state index in [0.717, 1.165) is 5.56 Å². The third-order valence-electron chi connectivity index (χ3n) is 5.52. The maximum Gasteiger partial charge on any atom is 0.261 e. The number of hydrogen-bond acceptors (Lipinski definition) is 8. The number of carbonyl (C=O) groups is 2. The lowest BCUT2D eigenvalue weighted by molar-refractivity contribution is 0.0676. The standard InChI is InChI=1S/C22H20N2O7/c1-27-18-12(8-17-19(20(18)28-2)30-11-29-17)7-14-9-13(23-31-14)10-24-21(25)15-5-3-4-6-16(15)22(24)26/h3-6,8,14H,7,9-11H2,1-2H3/t14-/m1/s1. The van der Waals surface area contributed by atoms with E-state index in [2.05, 4.69) is 5.16 Å². The zero-order valence-electron chi connectivity index (χ0n) is 17.0. The van der Waals surface area contributed by atoms with E-state index in [1.165, 1.54) is 4.90 Å². The highest BCUT2D eigenvalue weighted by Crippen LogP contribution is 2.49. The first kappa shape index (κ1) is 19.2. The molecule has 9 heteroatoms. The van der Waals surface area contributed by atoms with Crippen LogP contribution in [0.3, 0.4) is 0 Å². The smallest absolute Gasteiger partial charge is 0.261 e. The number of methoxy groups -OCH3 is 2. The number of fused-ring (bicyclic) bond motifs is 2. The van der Waals surface area contributed by atoms with Crippen LogP contribution in [0.1, 0.15) is 32.7 Å². The minimum absolute atomic E-state index is 0.102. The lowest BCUT2D eigenvalue weighted by atomic mass is 10.0. The summed E-state index contributed by atoms with van der Waals surface area (Å²) in [7, 11) is 3.10. The van der Waals surface area contributed by atoms with Crippen LogP contribution in [0.5, 0.6) is 23.0 Å². The number of oxime groups is 1. The van der Waals surface area contributed by atoms with Crippen LogP contribution >= 0.6 is 0 Å². The van der Waals surface area contributed by atoms with Crippen molar-refractivity contribution in [2.75, 3.05) is 27.6 Å². The fraction of sp³-hybridized carbons (Fsp3) is 0.318. The average molecular weight is 424 g/mol. The molecule has 0 bridgehead atoms. The highest BCUT2D eigenvalue weighted by molar-refractivity contribution is 6.22. The molecule has 0 saturated heterocycles. The molecule has 0 fully saturated rings. The fourth-order valence-corrected chi connectivity index (χ4v) is 4.11. The first-order valence-electron chi connectivity index (χ1n) is 9.81. The molecule has 2 amide bonds. The van der Waals surface area contributed by atoms with Crippen molar-refractivity contribution in [1.82, 2.24) is 4.90 Å². The molecule has 9 nitrogen and oxygen atoms in total. The molecule has 160 valence electrons. The van der Waals surface area contributed by atoms with Crippen LogP contribution in [-0.4, -0.2) is 56.1 Å². The molecule has 2 aromatic rings. The van der Waals surface area contributed by atoms with E-state index >= 15 is 0 Å². The Morgan fingerprint density at radius 2 is 1.77 bits per heavy atom. The van der Waals surface area contributed by atoms with Crippen molar-refractivity contribution < 1.29 is 33.4 Å². The largest absolute Gasteiger partial charge is 0.492 e. The number of ether oxygens (including phenoxy) is 4. The van der Waals surface area contributed by atoms with Crippen molar-refractivity contribution in [3.05, 3.63) is 47.0 Å². The van der Waals surface area contributed by atoms with Gasteiger partial charge in [0, 0.05) is 18.4 Å². The Balaban J connectivity index is 1.29. The Kier molecular flexibility index (Phi) is 4.65. The molecule has 0 saturated carbocycles. The number of nitrogens with zero attached hydrogens (tertiary/aromatic N) is 2. The predicted octanol–water partition coefficient (Wildman–Crippen LogP) is 2.42. The molecular weight excluding hydrogens is 404 g/mol. The van der Waals surface area contributed by atoms with Crippen molar-refractivity contribution in [2.24, 2.45) is 5.16 Å². The molecule has 5 rings (SSSR count). The second-order valence-electron chi connectivity index (χ2n) is 7.37. The van der Waals surface area contributed by atoms with E-state index in [9.17, 15) is 9.59 Å². The molecule has 0 aromatic heterocycles. The van der Waals surface area contributed by atoms with Crippen molar-refractivity contribution in [2.45, 2.75) is 18.9 Å². The van der Waals surface area contributed by atoms with Crippen LogP contribution in [0.25, 0.3) is 0 Å². The highest BCUT2D eigenvalue weighted by atomic mass is 16.7. The van der Waals surface area contributed by atoms with E-state index in [1.54, 1.807) is 38.5 Å². The maximum atomic E-state index is 12.6. The molecular formula is C22H20N2O7. The summed E-state index contributed by atoms with van der Waals surface area (Å²) >= 11 is 0. The lowest BCUT2D eigenvalue weighted by Gasteiger charge is -2.17. The van der Waals surface area contributed by atoms with Crippen LogP contribution in [0.4, 0.5) is 0 Å². The second-order valence-corrected chi connectivity index (χ2v) is 7.37.